The molecule has 1 amide bonds. The number of hydrogen-bond acceptors (Lipinski definition) is 4. The summed E-state index contributed by atoms with van der Waals surface area (Å²) in [6.45, 7) is 7.08. The first-order chi connectivity index (χ1) is 11.7. The molecule has 25 heavy (non-hydrogen) atoms. The van der Waals surface area contributed by atoms with Crippen molar-refractivity contribution in [1.29, 1.82) is 5.26 Å². The number of likely N-dealkylation sites (tertiary alicyclic amines) is 1. The average molecular weight is 343 g/mol. The van der Waals surface area contributed by atoms with Gasteiger partial charge in [-0.3, -0.25) is 4.48 Å². The zero-order valence-corrected chi connectivity index (χ0v) is 15.5. The molecule has 1 aromatic rings. The van der Waals surface area contributed by atoms with Gasteiger partial charge >= 0.3 is 6.09 Å². The second-order valence-electron chi connectivity index (χ2n) is 8.26. The lowest BCUT2D eigenvalue weighted by atomic mass is 10.1. The van der Waals surface area contributed by atoms with Gasteiger partial charge in [-0.25, -0.2) is 9.78 Å². The Morgan fingerprint density at radius 3 is 2.56 bits per heavy atom. The van der Waals surface area contributed by atoms with Crippen LogP contribution in [0.5, 0.6) is 0 Å². The van der Waals surface area contributed by atoms with Crippen molar-refractivity contribution < 1.29 is 9.53 Å². The molecule has 1 aromatic heterocycles. The van der Waals surface area contributed by atoms with Gasteiger partial charge in [0.1, 0.15) is 17.7 Å². The number of carbonyl (C=O) groups is 1. The zero-order chi connectivity index (χ0) is 18.2. The summed E-state index contributed by atoms with van der Waals surface area (Å²) in [5.74, 6) is 0.984. The highest BCUT2D eigenvalue weighted by atomic mass is 16.6. The van der Waals surface area contributed by atoms with Crippen LogP contribution in [0.25, 0.3) is 0 Å². The van der Waals surface area contributed by atoms with Crippen molar-refractivity contribution in [3.05, 3.63) is 23.9 Å². The van der Waals surface area contributed by atoms with Gasteiger partial charge in [0.2, 0.25) is 5.82 Å². The van der Waals surface area contributed by atoms with Gasteiger partial charge in [-0.15, -0.1) is 0 Å². The van der Waals surface area contributed by atoms with Crippen molar-refractivity contribution in [3.8, 4) is 6.07 Å². The van der Waals surface area contributed by atoms with Crippen LogP contribution >= 0.6 is 0 Å². The number of aromatic nitrogens is 1. The molecule has 0 bridgehead atoms. The molecule has 2 aliphatic rings. The molecule has 1 aliphatic heterocycles. The van der Waals surface area contributed by atoms with Gasteiger partial charge in [0, 0.05) is 31.9 Å². The monoisotopic (exact) mass is 343 g/mol. The lowest BCUT2D eigenvalue weighted by Crippen LogP contribution is -2.57. The maximum absolute atomic E-state index is 12.4. The molecule has 0 radical (unpaired) electrons. The van der Waals surface area contributed by atoms with Gasteiger partial charge in [0.25, 0.3) is 0 Å². The molecular formula is C19H27N4O2+. The largest absolute Gasteiger partial charge is 0.444 e. The van der Waals surface area contributed by atoms with Crippen molar-refractivity contribution in [1.82, 2.24) is 14.4 Å². The second-order valence-corrected chi connectivity index (χ2v) is 8.26. The van der Waals surface area contributed by atoms with Gasteiger partial charge < -0.3 is 9.64 Å². The Balaban J connectivity index is 1.78. The number of hydrogen-bond donors (Lipinski definition) is 0. The van der Waals surface area contributed by atoms with E-state index in [9.17, 15) is 4.79 Å². The first kappa shape index (κ1) is 17.7. The topological polar surface area (TPSA) is 66.2 Å². The Labute approximate surface area is 149 Å². The predicted molar refractivity (Wildman–Crippen MR) is 95.9 cm³/mol. The Hall–Kier alpha value is -2.13. The molecule has 6 heteroatoms. The first-order valence-electron chi connectivity index (χ1n) is 8.94. The van der Waals surface area contributed by atoms with E-state index in [1.54, 1.807) is 6.20 Å². The quantitative estimate of drug-likeness (QED) is 0.791. The summed E-state index contributed by atoms with van der Waals surface area (Å²) in [5.41, 5.74) is 0.103. The average Bonchev–Trinajstić information content (AvgIpc) is 3.29. The number of nitriles is 1. The van der Waals surface area contributed by atoms with E-state index in [4.69, 9.17) is 10.00 Å². The van der Waals surface area contributed by atoms with E-state index >= 15 is 0 Å². The molecule has 0 spiro atoms. The fraction of sp³-hybridized carbons (Fsp3) is 0.632. The molecule has 6 nitrogen and oxygen atoms in total. The number of pyridine rings is 1. The number of nitrogens with zero attached hydrogens (tertiary/aromatic N) is 4. The van der Waals surface area contributed by atoms with Crippen LogP contribution in [0.4, 0.5) is 10.6 Å². The molecule has 2 fully saturated rings. The van der Waals surface area contributed by atoms with Crippen LogP contribution in [0.1, 0.15) is 45.6 Å². The molecule has 2 atom stereocenters. The summed E-state index contributed by atoms with van der Waals surface area (Å²) in [4.78, 5) is 18.8. The Morgan fingerprint density at radius 2 is 2.04 bits per heavy atom. The Bertz CT molecular complexity index is 685. The summed E-state index contributed by atoms with van der Waals surface area (Å²) in [6, 6.07) is 6.78. The summed E-state index contributed by atoms with van der Waals surface area (Å²) < 4.78 is 6.26. The minimum atomic E-state index is -0.474. The standard InChI is InChI=1S/C19H27N4O2/c1-19(2,3)25-18(24)22-10-9-16(13-22)23(4,15-6-7-15)17-8-5-14(11-20)12-21-17/h5,8,12,15-16H,6-7,9-10,13H2,1-4H3/q+1. The predicted octanol–water partition coefficient (Wildman–Crippen LogP) is 3.06. The van der Waals surface area contributed by atoms with E-state index in [0.717, 1.165) is 23.3 Å². The van der Waals surface area contributed by atoms with Crippen LogP contribution in [0.3, 0.4) is 0 Å². The number of quaternary nitrogens is 1. The fourth-order valence-corrected chi connectivity index (χ4v) is 3.69. The van der Waals surface area contributed by atoms with Crippen LogP contribution in [0.15, 0.2) is 18.3 Å². The first-order valence-corrected chi connectivity index (χ1v) is 8.94. The van der Waals surface area contributed by atoms with Crippen molar-refractivity contribution in [2.24, 2.45) is 0 Å². The van der Waals surface area contributed by atoms with E-state index in [1.165, 1.54) is 12.8 Å². The SMILES string of the molecule is CC(C)(C)OC(=O)N1CCC([N+](C)(c2ccc(C#N)cn2)C2CC2)C1. The second kappa shape index (κ2) is 6.30. The van der Waals surface area contributed by atoms with Gasteiger partial charge in [0.15, 0.2) is 0 Å². The summed E-state index contributed by atoms with van der Waals surface area (Å²) >= 11 is 0. The van der Waals surface area contributed by atoms with Gasteiger partial charge in [-0.05, 0) is 26.8 Å². The fourth-order valence-electron chi connectivity index (χ4n) is 3.69. The molecule has 2 unspecified atom stereocenters. The maximum atomic E-state index is 12.4. The minimum Gasteiger partial charge on any atom is -0.444 e. The lowest BCUT2D eigenvalue weighted by molar-refractivity contribution is 0.0282. The van der Waals surface area contributed by atoms with Crippen LogP contribution in [0, 0.1) is 11.3 Å². The van der Waals surface area contributed by atoms with E-state index < -0.39 is 5.60 Å². The van der Waals surface area contributed by atoms with Crippen LogP contribution in [0.2, 0.25) is 0 Å². The lowest BCUT2D eigenvalue weighted by Gasteiger charge is -2.38. The molecule has 1 saturated heterocycles. The van der Waals surface area contributed by atoms with Crippen molar-refractivity contribution in [2.75, 3.05) is 20.1 Å². The third kappa shape index (κ3) is 3.62. The van der Waals surface area contributed by atoms with Crippen molar-refractivity contribution in [3.63, 3.8) is 0 Å². The molecule has 1 aliphatic carbocycles. The van der Waals surface area contributed by atoms with E-state index in [-0.39, 0.29) is 6.09 Å². The normalized spacial score (nSPS) is 23.0. The summed E-state index contributed by atoms with van der Waals surface area (Å²) in [5, 5.41) is 9.00. The highest BCUT2D eigenvalue weighted by Crippen LogP contribution is 2.41. The van der Waals surface area contributed by atoms with E-state index in [2.05, 4.69) is 18.1 Å². The third-order valence-corrected chi connectivity index (χ3v) is 5.25. The van der Waals surface area contributed by atoms with E-state index in [0.29, 0.717) is 24.2 Å². The zero-order valence-electron chi connectivity index (χ0n) is 15.5. The Morgan fingerprint density at radius 1 is 1.32 bits per heavy atom. The highest BCUT2D eigenvalue weighted by molar-refractivity contribution is 5.68. The van der Waals surface area contributed by atoms with Crippen molar-refractivity contribution in [2.45, 2.75) is 57.7 Å². The number of ether oxygens (including phenoxy) is 1. The molecule has 1 saturated carbocycles. The number of carbonyl (C=O) groups excluding carboxylic acids is 1. The number of amides is 1. The third-order valence-electron chi connectivity index (χ3n) is 5.25. The number of likely N-dealkylation sites (N-methyl/N-ethyl adjacent to an activating group) is 1. The molecule has 134 valence electrons. The Kier molecular flexibility index (Phi) is 4.46. The minimum absolute atomic E-state index is 0.231. The maximum Gasteiger partial charge on any atom is 0.410 e. The molecule has 2 heterocycles. The van der Waals surface area contributed by atoms with Crippen LogP contribution in [-0.2, 0) is 4.74 Å². The van der Waals surface area contributed by atoms with E-state index in [1.807, 2.05) is 37.8 Å². The van der Waals surface area contributed by atoms with Gasteiger partial charge in [-0.2, -0.15) is 5.26 Å². The molecule has 3 rings (SSSR count). The summed E-state index contributed by atoms with van der Waals surface area (Å²) in [7, 11) is 2.22. The van der Waals surface area contributed by atoms with Crippen LogP contribution in [-0.4, -0.2) is 53.8 Å². The smallest absolute Gasteiger partial charge is 0.410 e. The van der Waals surface area contributed by atoms with Gasteiger partial charge in [0.05, 0.1) is 31.4 Å². The highest BCUT2D eigenvalue weighted by Gasteiger charge is 2.51. The summed E-state index contributed by atoms with van der Waals surface area (Å²) in [6.07, 6.45) is 4.72. The molecule has 0 N–H and O–H groups in total. The molecule has 0 aromatic carbocycles. The number of rotatable bonds is 3. The molecular weight excluding hydrogens is 316 g/mol. The van der Waals surface area contributed by atoms with Gasteiger partial charge in [-0.1, -0.05) is 0 Å². The van der Waals surface area contributed by atoms with Crippen molar-refractivity contribution >= 4 is 11.9 Å². The van der Waals surface area contributed by atoms with Crippen LogP contribution < -0.4 is 4.48 Å².